The van der Waals surface area contributed by atoms with Gasteiger partial charge >= 0.3 is 6.09 Å². The summed E-state index contributed by atoms with van der Waals surface area (Å²) in [5, 5.41) is 13.7. The zero-order valence-corrected chi connectivity index (χ0v) is 13.5. The maximum Gasteiger partial charge on any atom is 0.407 e. The van der Waals surface area contributed by atoms with Crippen molar-refractivity contribution in [2.75, 3.05) is 6.54 Å². The largest absolute Gasteiger partial charge is 0.444 e. The minimum absolute atomic E-state index is 0.0494. The van der Waals surface area contributed by atoms with E-state index in [2.05, 4.69) is 5.32 Å². The molecule has 0 fully saturated rings. The van der Waals surface area contributed by atoms with Crippen LogP contribution in [0.3, 0.4) is 0 Å². The first kappa shape index (κ1) is 18.2. The van der Waals surface area contributed by atoms with Crippen molar-refractivity contribution in [3.8, 4) is 0 Å². The molecule has 1 amide bonds. The monoisotopic (exact) mass is 329 g/mol. The maximum atomic E-state index is 11.5. The fourth-order valence-electron chi connectivity index (χ4n) is 1.71. The van der Waals surface area contributed by atoms with Crippen LogP contribution >= 0.6 is 11.6 Å². The van der Waals surface area contributed by atoms with Crippen molar-refractivity contribution in [3.05, 3.63) is 38.9 Å². The molecule has 122 valence electrons. The molecule has 0 aliphatic heterocycles. The van der Waals surface area contributed by atoms with Gasteiger partial charge in [0.25, 0.3) is 5.69 Å². The summed E-state index contributed by atoms with van der Waals surface area (Å²) >= 11 is 6.00. The Morgan fingerprint density at radius 2 is 2.14 bits per heavy atom. The van der Waals surface area contributed by atoms with Gasteiger partial charge in [-0.05, 0) is 38.8 Å². The number of benzene rings is 1. The molecule has 1 aromatic carbocycles. The van der Waals surface area contributed by atoms with Gasteiger partial charge in [0.05, 0.1) is 4.92 Å². The first-order valence-electron chi connectivity index (χ1n) is 6.74. The van der Waals surface area contributed by atoms with Gasteiger partial charge in [-0.25, -0.2) is 4.79 Å². The highest BCUT2D eigenvalue weighted by atomic mass is 35.5. The summed E-state index contributed by atoms with van der Waals surface area (Å²) < 4.78 is 5.09. The molecule has 0 spiro atoms. The number of carbonyl (C=O) groups is 1. The normalized spacial score (nSPS) is 12.6. The number of nitrogens with one attached hydrogen (secondary N) is 1. The fraction of sp³-hybridized carbons (Fsp3) is 0.500. The van der Waals surface area contributed by atoms with Crippen molar-refractivity contribution in [2.45, 2.75) is 38.8 Å². The Bertz CT molecular complexity index is 558. The molecule has 0 bridgehead atoms. The van der Waals surface area contributed by atoms with Gasteiger partial charge < -0.3 is 15.8 Å². The van der Waals surface area contributed by atoms with Crippen LogP contribution in [-0.2, 0) is 11.2 Å². The van der Waals surface area contributed by atoms with E-state index in [1.165, 1.54) is 18.2 Å². The highest BCUT2D eigenvalue weighted by Crippen LogP contribution is 2.22. The van der Waals surface area contributed by atoms with E-state index in [4.69, 9.17) is 22.1 Å². The molecule has 0 aromatic heterocycles. The van der Waals surface area contributed by atoms with Crippen LogP contribution in [0.2, 0.25) is 5.02 Å². The summed E-state index contributed by atoms with van der Waals surface area (Å²) in [5.41, 5.74) is 5.84. The molecule has 22 heavy (non-hydrogen) atoms. The van der Waals surface area contributed by atoms with E-state index in [1.807, 2.05) is 0 Å². The predicted molar refractivity (Wildman–Crippen MR) is 84.0 cm³/mol. The Morgan fingerprint density at radius 3 is 2.68 bits per heavy atom. The third-order valence-corrected chi connectivity index (χ3v) is 3.00. The van der Waals surface area contributed by atoms with Gasteiger partial charge in [0, 0.05) is 29.7 Å². The lowest BCUT2D eigenvalue weighted by Crippen LogP contribution is -2.41. The summed E-state index contributed by atoms with van der Waals surface area (Å²) in [6, 6.07) is 3.74. The first-order chi connectivity index (χ1) is 10.1. The quantitative estimate of drug-likeness (QED) is 0.637. The van der Waals surface area contributed by atoms with E-state index in [-0.39, 0.29) is 12.2 Å². The second-order valence-electron chi connectivity index (χ2n) is 5.88. The number of amides is 1. The van der Waals surface area contributed by atoms with Gasteiger partial charge in [0.2, 0.25) is 0 Å². The SMILES string of the molecule is CC(C)(C)OC(=O)NCC(N)Cc1cc([N+](=O)[O-])ccc1Cl. The lowest BCUT2D eigenvalue weighted by Gasteiger charge is -2.21. The van der Waals surface area contributed by atoms with E-state index in [1.54, 1.807) is 20.8 Å². The third-order valence-electron chi connectivity index (χ3n) is 2.63. The van der Waals surface area contributed by atoms with E-state index < -0.39 is 22.7 Å². The van der Waals surface area contributed by atoms with E-state index in [0.717, 1.165) is 0 Å². The van der Waals surface area contributed by atoms with Crippen LogP contribution in [0.15, 0.2) is 18.2 Å². The van der Waals surface area contributed by atoms with Gasteiger partial charge in [-0.1, -0.05) is 11.6 Å². The average Bonchev–Trinajstić information content (AvgIpc) is 2.36. The van der Waals surface area contributed by atoms with E-state index >= 15 is 0 Å². The molecule has 1 atom stereocenters. The van der Waals surface area contributed by atoms with Crippen LogP contribution < -0.4 is 11.1 Å². The number of nitro groups is 1. The number of nitrogens with two attached hydrogens (primary N) is 1. The van der Waals surface area contributed by atoms with Crippen LogP contribution in [0, 0.1) is 10.1 Å². The number of alkyl carbamates (subject to hydrolysis) is 1. The molecule has 1 unspecified atom stereocenters. The number of rotatable bonds is 5. The van der Waals surface area contributed by atoms with Gasteiger partial charge in [-0.15, -0.1) is 0 Å². The Kier molecular flexibility index (Phi) is 6.13. The van der Waals surface area contributed by atoms with Crippen LogP contribution in [0.5, 0.6) is 0 Å². The molecule has 3 N–H and O–H groups in total. The molecule has 0 saturated heterocycles. The molecule has 7 nitrogen and oxygen atoms in total. The first-order valence-corrected chi connectivity index (χ1v) is 7.11. The summed E-state index contributed by atoms with van der Waals surface area (Å²) in [4.78, 5) is 21.8. The number of hydrogen-bond acceptors (Lipinski definition) is 5. The highest BCUT2D eigenvalue weighted by Gasteiger charge is 2.17. The van der Waals surface area contributed by atoms with Gasteiger partial charge in [-0.3, -0.25) is 10.1 Å². The topological polar surface area (TPSA) is 107 Å². The smallest absolute Gasteiger partial charge is 0.407 e. The van der Waals surface area contributed by atoms with Crippen LogP contribution in [0.25, 0.3) is 0 Å². The highest BCUT2D eigenvalue weighted by molar-refractivity contribution is 6.31. The molecular weight excluding hydrogens is 310 g/mol. The van der Waals surface area contributed by atoms with Crippen LogP contribution in [0.1, 0.15) is 26.3 Å². The molecular formula is C14H20ClN3O4. The lowest BCUT2D eigenvalue weighted by molar-refractivity contribution is -0.384. The van der Waals surface area contributed by atoms with Gasteiger partial charge in [-0.2, -0.15) is 0 Å². The van der Waals surface area contributed by atoms with Crippen molar-refractivity contribution >= 4 is 23.4 Å². The maximum absolute atomic E-state index is 11.5. The third kappa shape index (κ3) is 6.28. The zero-order valence-electron chi connectivity index (χ0n) is 12.8. The number of nitro benzene ring substituents is 1. The minimum atomic E-state index is -0.586. The number of non-ortho nitro benzene ring substituents is 1. The number of hydrogen-bond donors (Lipinski definition) is 2. The average molecular weight is 330 g/mol. The van der Waals surface area contributed by atoms with Crippen molar-refractivity contribution in [1.82, 2.24) is 5.32 Å². The van der Waals surface area contributed by atoms with Crippen molar-refractivity contribution in [2.24, 2.45) is 5.73 Å². The molecule has 8 heteroatoms. The lowest BCUT2D eigenvalue weighted by atomic mass is 10.1. The van der Waals surface area contributed by atoms with Crippen molar-refractivity contribution in [3.63, 3.8) is 0 Å². The van der Waals surface area contributed by atoms with Crippen molar-refractivity contribution < 1.29 is 14.5 Å². The Labute approximate surface area is 133 Å². The Balaban J connectivity index is 2.58. The number of halogens is 1. The number of ether oxygens (including phenoxy) is 1. The standard InChI is InChI=1S/C14H20ClN3O4/c1-14(2,3)22-13(19)17-8-10(16)6-9-7-11(18(20)21)4-5-12(9)15/h4-5,7,10H,6,8,16H2,1-3H3,(H,17,19). The molecule has 0 aliphatic rings. The fourth-order valence-corrected chi connectivity index (χ4v) is 1.91. The minimum Gasteiger partial charge on any atom is -0.444 e. The van der Waals surface area contributed by atoms with Crippen LogP contribution in [0.4, 0.5) is 10.5 Å². The van der Waals surface area contributed by atoms with Crippen molar-refractivity contribution in [1.29, 1.82) is 0 Å². The molecule has 1 aromatic rings. The summed E-state index contributed by atoms with van der Waals surface area (Å²) in [6.45, 7) is 5.45. The molecule has 0 heterocycles. The van der Waals surface area contributed by atoms with Crippen LogP contribution in [-0.4, -0.2) is 29.2 Å². The van der Waals surface area contributed by atoms with Gasteiger partial charge in [0.1, 0.15) is 5.60 Å². The second kappa shape index (κ2) is 7.42. The number of nitrogens with zero attached hydrogens (tertiary/aromatic N) is 1. The predicted octanol–water partition coefficient (Wildman–Crippen LogP) is 2.64. The summed E-state index contributed by atoms with van der Waals surface area (Å²) in [5.74, 6) is 0. The molecule has 1 rings (SSSR count). The van der Waals surface area contributed by atoms with E-state index in [0.29, 0.717) is 17.0 Å². The summed E-state index contributed by atoms with van der Waals surface area (Å²) in [6.07, 6.45) is -0.260. The zero-order chi connectivity index (χ0) is 16.9. The van der Waals surface area contributed by atoms with Gasteiger partial charge in [0.15, 0.2) is 0 Å². The second-order valence-corrected chi connectivity index (χ2v) is 6.29. The molecule has 0 aliphatic carbocycles. The Hall–Kier alpha value is -1.86. The molecule has 0 saturated carbocycles. The molecule has 0 radical (unpaired) electrons. The summed E-state index contributed by atoms with van der Waals surface area (Å²) in [7, 11) is 0. The Morgan fingerprint density at radius 1 is 1.50 bits per heavy atom. The number of carbonyl (C=O) groups excluding carboxylic acids is 1. The van der Waals surface area contributed by atoms with E-state index in [9.17, 15) is 14.9 Å².